The van der Waals surface area contributed by atoms with Crippen LogP contribution in [0.15, 0.2) is 49.2 Å². The van der Waals surface area contributed by atoms with Crippen LogP contribution in [0.3, 0.4) is 0 Å². The zero-order valence-electron chi connectivity index (χ0n) is 18.3. The zero-order chi connectivity index (χ0) is 22.8. The standard InChI is InChI=1S/C23H22N2O6S/c1-12-6-16-15(10-20(26)30-17(16)7-13(12)2)11-32-23-25-24-22(31-23)14-8-18(27-3)21(29-5)19(9-14)28-4/h6-10H,11H2,1-5H3. The van der Waals surface area contributed by atoms with Gasteiger partial charge in [-0.3, -0.25) is 0 Å². The Morgan fingerprint density at radius 1 is 0.875 bits per heavy atom. The second-order valence-electron chi connectivity index (χ2n) is 7.10. The van der Waals surface area contributed by atoms with Gasteiger partial charge in [-0.1, -0.05) is 11.8 Å². The summed E-state index contributed by atoms with van der Waals surface area (Å²) in [4.78, 5) is 12.0. The summed E-state index contributed by atoms with van der Waals surface area (Å²) in [7, 11) is 4.62. The normalized spacial score (nSPS) is 11.0. The fourth-order valence-corrected chi connectivity index (χ4v) is 4.09. The van der Waals surface area contributed by atoms with Crippen LogP contribution in [0.25, 0.3) is 22.4 Å². The highest BCUT2D eigenvalue weighted by atomic mass is 32.2. The van der Waals surface area contributed by atoms with E-state index in [0.717, 1.165) is 22.1 Å². The van der Waals surface area contributed by atoms with Crippen LogP contribution in [-0.2, 0) is 5.75 Å². The predicted molar refractivity (Wildman–Crippen MR) is 121 cm³/mol. The van der Waals surface area contributed by atoms with E-state index in [1.165, 1.54) is 24.9 Å². The molecule has 0 aliphatic rings. The first-order valence-electron chi connectivity index (χ1n) is 9.74. The molecule has 0 fully saturated rings. The first kappa shape index (κ1) is 21.8. The minimum absolute atomic E-state index is 0.315. The summed E-state index contributed by atoms with van der Waals surface area (Å²) in [6, 6.07) is 8.89. The number of nitrogens with zero attached hydrogens (tertiary/aromatic N) is 2. The molecule has 0 radical (unpaired) electrons. The van der Waals surface area contributed by atoms with Gasteiger partial charge in [0.1, 0.15) is 5.58 Å². The van der Waals surface area contributed by atoms with E-state index in [1.54, 1.807) is 26.4 Å². The van der Waals surface area contributed by atoms with Gasteiger partial charge < -0.3 is 23.0 Å². The van der Waals surface area contributed by atoms with Gasteiger partial charge in [0.25, 0.3) is 5.22 Å². The number of hydrogen-bond acceptors (Lipinski definition) is 9. The lowest BCUT2D eigenvalue weighted by atomic mass is 10.0. The van der Waals surface area contributed by atoms with Crippen LogP contribution < -0.4 is 19.8 Å². The van der Waals surface area contributed by atoms with Crippen LogP contribution in [0.5, 0.6) is 17.2 Å². The summed E-state index contributed by atoms with van der Waals surface area (Å²) in [6.45, 7) is 4.01. The van der Waals surface area contributed by atoms with Crippen LogP contribution in [0.1, 0.15) is 16.7 Å². The first-order valence-corrected chi connectivity index (χ1v) is 10.7. The highest BCUT2D eigenvalue weighted by molar-refractivity contribution is 7.98. The SMILES string of the molecule is COc1cc(-c2nnc(SCc3cc(=O)oc4cc(C)c(C)cc34)o2)cc(OC)c1OC. The second kappa shape index (κ2) is 8.96. The molecule has 0 aliphatic carbocycles. The number of fused-ring (bicyclic) bond motifs is 1. The van der Waals surface area contributed by atoms with Crippen LogP contribution in [0.4, 0.5) is 0 Å². The Balaban J connectivity index is 1.61. The maximum absolute atomic E-state index is 12.0. The van der Waals surface area contributed by atoms with Gasteiger partial charge in [0, 0.05) is 22.8 Å². The Bertz CT molecular complexity index is 1320. The molecule has 166 valence electrons. The Morgan fingerprint density at radius 2 is 1.56 bits per heavy atom. The molecule has 2 aromatic heterocycles. The van der Waals surface area contributed by atoms with Gasteiger partial charge >= 0.3 is 5.63 Å². The Morgan fingerprint density at radius 3 is 2.22 bits per heavy atom. The van der Waals surface area contributed by atoms with E-state index in [2.05, 4.69) is 10.2 Å². The molecule has 4 rings (SSSR count). The monoisotopic (exact) mass is 454 g/mol. The molecule has 0 amide bonds. The van der Waals surface area contributed by atoms with Crippen molar-refractivity contribution in [3.05, 3.63) is 57.4 Å². The van der Waals surface area contributed by atoms with Crippen molar-refractivity contribution in [3.8, 4) is 28.7 Å². The van der Waals surface area contributed by atoms with E-state index < -0.39 is 0 Å². The third-order valence-corrected chi connectivity index (χ3v) is 5.98. The van der Waals surface area contributed by atoms with Crippen molar-refractivity contribution in [2.24, 2.45) is 0 Å². The average molecular weight is 455 g/mol. The van der Waals surface area contributed by atoms with Gasteiger partial charge in [0.2, 0.25) is 11.6 Å². The van der Waals surface area contributed by atoms with Crippen molar-refractivity contribution in [2.45, 2.75) is 24.8 Å². The Kier molecular flexibility index (Phi) is 6.09. The van der Waals surface area contributed by atoms with E-state index in [1.807, 2.05) is 26.0 Å². The smallest absolute Gasteiger partial charge is 0.336 e. The third kappa shape index (κ3) is 4.16. The van der Waals surface area contributed by atoms with Crippen LogP contribution in [0.2, 0.25) is 0 Å². The maximum Gasteiger partial charge on any atom is 0.336 e. The highest BCUT2D eigenvalue weighted by Gasteiger charge is 2.18. The summed E-state index contributed by atoms with van der Waals surface area (Å²) >= 11 is 1.34. The molecule has 0 atom stereocenters. The van der Waals surface area contributed by atoms with Gasteiger partial charge in [0.05, 0.1) is 21.3 Å². The third-order valence-electron chi connectivity index (χ3n) is 5.11. The molecule has 0 saturated carbocycles. The molecule has 2 heterocycles. The van der Waals surface area contributed by atoms with Gasteiger partial charge in [-0.2, -0.15) is 0 Å². The number of rotatable bonds is 7. The number of aryl methyl sites for hydroxylation is 2. The molecule has 2 aromatic carbocycles. The molecule has 0 saturated heterocycles. The molecule has 8 nitrogen and oxygen atoms in total. The number of hydrogen-bond donors (Lipinski definition) is 0. The number of benzene rings is 2. The number of aromatic nitrogens is 2. The van der Waals surface area contributed by atoms with Crippen molar-refractivity contribution >= 4 is 22.7 Å². The molecule has 0 N–H and O–H groups in total. The van der Waals surface area contributed by atoms with Gasteiger partial charge in [-0.25, -0.2) is 4.79 Å². The molecular formula is C23H22N2O6S. The molecule has 9 heteroatoms. The van der Waals surface area contributed by atoms with E-state index in [0.29, 0.717) is 45.3 Å². The maximum atomic E-state index is 12.0. The van der Waals surface area contributed by atoms with Gasteiger partial charge in [0.15, 0.2) is 11.5 Å². The molecule has 0 aliphatic heterocycles. The zero-order valence-corrected chi connectivity index (χ0v) is 19.2. The topological polar surface area (TPSA) is 96.8 Å². The molecule has 0 bridgehead atoms. The number of methoxy groups -OCH3 is 3. The van der Waals surface area contributed by atoms with Crippen molar-refractivity contribution in [1.29, 1.82) is 0 Å². The summed E-state index contributed by atoms with van der Waals surface area (Å²) in [5.74, 6) is 2.25. The molecule has 0 spiro atoms. The molecular weight excluding hydrogens is 432 g/mol. The molecule has 4 aromatic rings. The minimum Gasteiger partial charge on any atom is -0.493 e. The Hall–Kier alpha value is -3.46. The largest absolute Gasteiger partial charge is 0.493 e. The van der Waals surface area contributed by atoms with Crippen LogP contribution in [-0.4, -0.2) is 31.5 Å². The first-order chi connectivity index (χ1) is 15.4. The second-order valence-corrected chi connectivity index (χ2v) is 8.03. The Labute approximate surface area is 188 Å². The molecule has 32 heavy (non-hydrogen) atoms. The van der Waals surface area contributed by atoms with Crippen molar-refractivity contribution in [2.75, 3.05) is 21.3 Å². The summed E-state index contributed by atoms with van der Waals surface area (Å²) in [5.41, 5.74) is 3.85. The summed E-state index contributed by atoms with van der Waals surface area (Å²) in [6.07, 6.45) is 0. The van der Waals surface area contributed by atoms with Gasteiger partial charge in [-0.15, -0.1) is 10.2 Å². The quantitative estimate of drug-likeness (QED) is 0.289. The predicted octanol–water partition coefficient (Wildman–Crippen LogP) is 4.78. The lowest BCUT2D eigenvalue weighted by Crippen LogP contribution is -2.00. The lowest BCUT2D eigenvalue weighted by Gasteiger charge is -2.12. The van der Waals surface area contributed by atoms with Crippen molar-refractivity contribution in [3.63, 3.8) is 0 Å². The fourth-order valence-electron chi connectivity index (χ4n) is 3.33. The lowest BCUT2D eigenvalue weighted by molar-refractivity contribution is 0.324. The van der Waals surface area contributed by atoms with E-state index >= 15 is 0 Å². The average Bonchev–Trinajstić information content (AvgIpc) is 3.26. The van der Waals surface area contributed by atoms with Crippen molar-refractivity contribution < 1.29 is 23.0 Å². The van der Waals surface area contributed by atoms with Crippen LogP contribution >= 0.6 is 11.8 Å². The van der Waals surface area contributed by atoms with Crippen LogP contribution in [0, 0.1) is 13.8 Å². The summed E-state index contributed by atoms with van der Waals surface area (Å²) in [5, 5.41) is 9.54. The summed E-state index contributed by atoms with van der Waals surface area (Å²) < 4.78 is 27.3. The van der Waals surface area contributed by atoms with Gasteiger partial charge in [-0.05, 0) is 54.8 Å². The minimum atomic E-state index is -0.389. The highest BCUT2D eigenvalue weighted by Crippen LogP contribution is 2.41. The number of thioether (sulfide) groups is 1. The van der Waals surface area contributed by atoms with E-state index in [9.17, 15) is 4.79 Å². The van der Waals surface area contributed by atoms with E-state index in [-0.39, 0.29) is 5.63 Å². The van der Waals surface area contributed by atoms with Crippen molar-refractivity contribution in [1.82, 2.24) is 10.2 Å². The fraction of sp³-hybridized carbons (Fsp3) is 0.261. The number of ether oxygens (including phenoxy) is 3. The van der Waals surface area contributed by atoms with E-state index in [4.69, 9.17) is 23.0 Å². The molecule has 0 unspecified atom stereocenters.